The zero-order chi connectivity index (χ0) is 93.4. The van der Waals surface area contributed by atoms with Crippen molar-refractivity contribution in [3.8, 4) is 45.0 Å². The Bertz CT molecular complexity index is 7590. The van der Waals surface area contributed by atoms with Gasteiger partial charge < -0.3 is 21.3 Å². The van der Waals surface area contributed by atoms with E-state index in [1.54, 1.807) is 126 Å². The summed E-state index contributed by atoms with van der Waals surface area (Å²) in [6, 6.07) is 75.6. The molecule has 5 aromatic heterocycles. The Morgan fingerprint density at radius 3 is 1.46 bits per heavy atom. The fourth-order valence-corrected chi connectivity index (χ4v) is 21.9. The van der Waals surface area contributed by atoms with Gasteiger partial charge in [-0.1, -0.05) is 126 Å². The number of halogens is 3. The lowest BCUT2D eigenvalue weighted by molar-refractivity contribution is 0.101. The average molecular weight is 1930 g/mol. The molecule has 680 valence electrons. The molecule has 4 saturated heterocycles. The van der Waals surface area contributed by atoms with Crippen LogP contribution in [0.5, 0.6) is 0 Å². The molecule has 0 saturated carbocycles. The van der Waals surface area contributed by atoms with E-state index in [1.165, 1.54) is 35.7 Å². The average Bonchev–Trinajstić information content (AvgIpc) is 1.20. The number of hydrogen-bond donors (Lipinski definition) is 8. The van der Waals surface area contributed by atoms with E-state index in [9.17, 15) is 52.8 Å². The molecule has 4 amide bonds. The number of nitrogens with one attached hydrogen (secondary N) is 8. The number of nitrogens with zero attached hydrogens (tertiary/aromatic N) is 10. The van der Waals surface area contributed by atoms with Crippen LogP contribution in [0.4, 0.5) is 45.5 Å². The molecule has 30 nitrogen and oxygen atoms in total. The van der Waals surface area contributed by atoms with Crippen molar-refractivity contribution in [2.75, 3.05) is 90.8 Å². The number of carbonyl (C=O) groups excluding carboxylic acids is 4. The SMILES string of the molecule is Cc1ccc(-c2nccc3ccccc23)cc1NC(=O)c1ccc(N2CCCNS2(=O)=O)cc1.O=C(Nc1cc(Cl)cc(-c2nccc3ccccc23)c1)c1ccc(N2CCCNS2(=O)=O)cc1.O=C(Nc1ccc(Cl)c(-c2ccc3c(n2)CC=C3)c1)c1ccc(N2CCCNS2(=O)=O)cc1.O=C(Nc1cccc(-c2ncnn3cccc23)c1)c1ccc(N2CCCNS2(=O)=O)cc1Cl. The van der Waals surface area contributed by atoms with E-state index in [1.807, 2.05) is 153 Å². The predicted molar refractivity (Wildman–Crippen MR) is 528 cm³/mol. The van der Waals surface area contributed by atoms with Crippen molar-refractivity contribution in [3.63, 3.8) is 0 Å². The quantitative estimate of drug-likeness (QED) is 0.0445. The van der Waals surface area contributed by atoms with E-state index in [0.29, 0.717) is 137 Å². The third kappa shape index (κ3) is 20.9. The van der Waals surface area contributed by atoms with Crippen molar-refractivity contribution < 1.29 is 52.8 Å². The number of pyridine rings is 3. The number of aryl methyl sites for hydroxylation is 1. The third-order valence-corrected chi connectivity index (χ3v) is 29.6. The van der Waals surface area contributed by atoms with Gasteiger partial charge in [-0.3, -0.25) is 51.4 Å². The van der Waals surface area contributed by atoms with Gasteiger partial charge in [-0.15, -0.1) is 0 Å². The van der Waals surface area contributed by atoms with E-state index < -0.39 is 46.7 Å². The number of fused-ring (bicyclic) bond motifs is 4. The number of aromatic nitrogens is 6. The van der Waals surface area contributed by atoms with Crippen molar-refractivity contribution in [1.82, 2.24) is 48.4 Å². The van der Waals surface area contributed by atoms with Crippen LogP contribution in [0, 0.1) is 6.92 Å². The highest BCUT2D eigenvalue weighted by Gasteiger charge is 2.31. The molecule has 0 spiro atoms. The topological polar surface area (TPSA) is 383 Å². The minimum absolute atomic E-state index is 0.160. The van der Waals surface area contributed by atoms with Gasteiger partial charge in [0.1, 0.15) is 6.33 Å². The molecular formula is C97H85Cl3N18O12S4. The molecule has 0 radical (unpaired) electrons. The summed E-state index contributed by atoms with van der Waals surface area (Å²) in [6.45, 7) is 5.19. The minimum atomic E-state index is -3.61. The number of anilines is 8. The molecule has 10 aromatic carbocycles. The lowest BCUT2D eigenvalue weighted by atomic mass is 10.0. The summed E-state index contributed by atoms with van der Waals surface area (Å²) in [7, 11) is -14.2. The molecule has 1 aliphatic carbocycles. The van der Waals surface area contributed by atoms with Crippen molar-refractivity contribution in [3.05, 3.63) is 340 Å². The number of allylic oxidation sites excluding steroid dienone is 1. The second-order valence-corrected chi connectivity index (χ2v) is 39.5. The molecule has 5 aliphatic rings. The summed E-state index contributed by atoms with van der Waals surface area (Å²) in [4.78, 5) is 69.8. The third-order valence-electron chi connectivity index (χ3n) is 22.6. The molecule has 15 aromatic rings. The number of amides is 4. The highest BCUT2D eigenvalue weighted by Crippen LogP contribution is 2.38. The van der Waals surface area contributed by atoms with Gasteiger partial charge in [0.15, 0.2) is 0 Å². The number of benzene rings is 10. The Morgan fingerprint density at radius 1 is 0.403 bits per heavy atom. The summed E-state index contributed by atoms with van der Waals surface area (Å²) in [6.07, 6.45) is 14.6. The van der Waals surface area contributed by atoms with E-state index >= 15 is 0 Å². The first kappa shape index (κ1) is 92.0. The van der Waals surface area contributed by atoms with Gasteiger partial charge >= 0.3 is 40.8 Å². The minimum Gasteiger partial charge on any atom is -0.322 e. The highest BCUT2D eigenvalue weighted by molar-refractivity contribution is 7.91. The van der Waals surface area contributed by atoms with Crippen molar-refractivity contribution >= 4 is 178 Å². The maximum absolute atomic E-state index is 13.0. The highest BCUT2D eigenvalue weighted by atomic mass is 35.5. The molecule has 0 bridgehead atoms. The Morgan fingerprint density at radius 2 is 0.903 bits per heavy atom. The van der Waals surface area contributed by atoms with E-state index in [0.717, 1.165) is 108 Å². The lowest BCUT2D eigenvalue weighted by Crippen LogP contribution is -2.47. The fraction of sp³-hybridized carbons (Fsp3) is 0.144. The molecule has 134 heavy (non-hydrogen) atoms. The van der Waals surface area contributed by atoms with E-state index in [-0.39, 0.29) is 28.3 Å². The normalized spacial score (nSPS) is 15.6. The Kier molecular flexibility index (Phi) is 27.4. The van der Waals surface area contributed by atoms with Crippen molar-refractivity contribution in [2.24, 2.45) is 0 Å². The standard InChI is InChI=1S/C26H24N4O3S.C25H21ClN4O3S.C24H21ClN4O3S.C22H19ClN6O3S/c1-18-7-8-21(25-23-6-3-2-5-19(23)13-15-27-25)17-24(18)29-26(31)20-9-11-22(12-10-20)30-16-4-14-28-34(30,32)33;26-20-14-19(24-23-5-2-1-4-17(23)10-12-27-24)15-21(16-20)29-25(31)18-6-8-22(9-7-18)30-13-3-11-28-34(30,32)33;25-21-11-8-18(15-20(21)23-12-7-16-3-1-4-22(16)28-23)27-24(30)17-5-9-19(10-6-17)29-14-2-13-26-33(29,31)32;23-19-13-17(29-11-3-9-26-33(29,31)32)7-8-18(19)22(30)27-16-5-1-4-15(12-16)21-20-6-2-10-28(20)25-14-24-21/h2-3,5-13,15,17,28H,4,14,16H2,1H3,(H,29,31);1-2,4-10,12,14-16,28H,3,11,13H2,(H,29,31);1,3,5-12,15,26H,2,4,13-14H2,(H,27,30);1-2,4-8,10,12-14,26H,3,9,11H2,(H,27,30). The number of hydrogen-bond acceptors (Lipinski definition) is 17. The van der Waals surface area contributed by atoms with Crippen LogP contribution in [0.2, 0.25) is 15.1 Å². The van der Waals surface area contributed by atoms with Gasteiger partial charge in [0.05, 0.1) is 72.3 Å². The molecule has 0 atom stereocenters. The van der Waals surface area contributed by atoms with Crippen LogP contribution in [-0.4, -0.2) is 139 Å². The van der Waals surface area contributed by atoms with E-state index in [2.05, 4.69) is 66.3 Å². The second-order valence-electron chi connectivity index (χ2n) is 31.5. The molecular weight excluding hydrogens is 1840 g/mol. The van der Waals surface area contributed by atoms with Crippen molar-refractivity contribution in [2.45, 2.75) is 39.0 Å². The second kappa shape index (κ2) is 39.9. The summed E-state index contributed by atoms with van der Waals surface area (Å²) in [5.41, 5.74) is 16.1. The zero-order valence-electron chi connectivity index (χ0n) is 71.5. The first-order chi connectivity index (χ1) is 64.6. The molecule has 4 aliphatic heterocycles. The largest absolute Gasteiger partial charge is 0.322 e. The van der Waals surface area contributed by atoms with Gasteiger partial charge in [-0.25, -0.2) is 9.50 Å². The van der Waals surface area contributed by atoms with Gasteiger partial charge in [0.25, 0.3) is 23.6 Å². The van der Waals surface area contributed by atoms with Crippen LogP contribution >= 0.6 is 34.8 Å². The van der Waals surface area contributed by atoms with Gasteiger partial charge in [-0.05, 0) is 230 Å². The summed E-state index contributed by atoms with van der Waals surface area (Å²) in [5, 5.41) is 21.1. The Labute approximate surface area is 788 Å². The Hall–Kier alpha value is -13.9. The van der Waals surface area contributed by atoms with E-state index in [4.69, 9.17) is 39.8 Å². The smallest absolute Gasteiger partial charge is 0.301 e. The number of carbonyl (C=O) groups is 4. The fourth-order valence-electron chi connectivity index (χ4n) is 15.8. The van der Waals surface area contributed by atoms with Crippen molar-refractivity contribution in [1.29, 1.82) is 0 Å². The molecule has 4 fully saturated rings. The van der Waals surface area contributed by atoms with Gasteiger partial charge in [-0.2, -0.15) is 57.7 Å². The van der Waals surface area contributed by atoms with Gasteiger partial charge in [0, 0.05) is 155 Å². The molecule has 8 N–H and O–H groups in total. The van der Waals surface area contributed by atoms with Crippen LogP contribution in [0.25, 0.3) is 78.2 Å². The van der Waals surface area contributed by atoms with Crippen LogP contribution in [0.15, 0.2) is 286 Å². The van der Waals surface area contributed by atoms with Crippen LogP contribution < -0.4 is 57.4 Å². The maximum Gasteiger partial charge on any atom is 0.301 e. The van der Waals surface area contributed by atoms with Crippen LogP contribution in [0.3, 0.4) is 0 Å². The summed E-state index contributed by atoms with van der Waals surface area (Å²) >= 11 is 19.1. The van der Waals surface area contributed by atoms with Crippen LogP contribution in [-0.2, 0) is 47.3 Å². The lowest BCUT2D eigenvalue weighted by Gasteiger charge is -2.28. The first-order valence-electron chi connectivity index (χ1n) is 42.5. The summed E-state index contributed by atoms with van der Waals surface area (Å²) in [5.74, 6) is -1.30. The number of rotatable bonds is 16. The predicted octanol–water partition coefficient (Wildman–Crippen LogP) is 17.0. The summed E-state index contributed by atoms with van der Waals surface area (Å²) < 4.78 is 115. The monoisotopic (exact) mass is 1930 g/mol. The molecule has 20 rings (SSSR count). The molecule has 37 heteroatoms. The molecule has 9 heterocycles. The first-order valence-corrected chi connectivity index (χ1v) is 49.4. The maximum atomic E-state index is 13.0. The zero-order valence-corrected chi connectivity index (χ0v) is 77.1. The Balaban J connectivity index is 0.000000124. The molecule has 0 unspecified atom stereocenters. The van der Waals surface area contributed by atoms with Gasteiger partial charge in [0.2, 0.25) is 0 Å². The van der Waals surface area contributed by atoms with Crippen LogP contribution in [0.1, 0.15) is 83.9 Å².